The Bertz CT molecular complexity index is 628. The smallest absolute Gasteiger partial charge is 0.242 e. The van der Waals surface area contributed by atoms with E-state index >= 15 is 0 Å². The molecule has 6 heteroatoms. The Morgan fingerprint density at radius 2 is 1.81 bits per heavy atom. The van der Waals surface area contributed by atoms with Crippen LogP contribution in [0.1, 0.15) is 32.8 Å². The summed E-state index contributed by atoms with van der Waals surface area (Å²) in [6.45, 7) is 5.28. The largest absolute Gasteiger partial charge is 0.325 e. The molecule has 0 fully saturated rings. The van der Waals surface area contributed by atoms with E-state index in [9.17, 15) is 13.2 Å². The zero-order valence-electron chi connectivity index (χ0n) is 12.5. The van der Waals surface area contributed by atoms with Crippen LogP contribution >= 0.6 is 0 Å². The number of hydrogen-bond donors (Lipinski definition) is 1. The van der Waals surface area contributed by atoms with Crippen LogP contribution in [0.4, 0.5) is 5.69 Å². The molecule has 0 heterocycles. The summed E-state index contributed by atoms with van der Waals surface area (Å²) in [4.78, 5) is 12.0. The Morgan fingerprint density at radius 3 is 2.29 bits per heavy atom. The third-order valence-corrected chi connectivity index (χ3v) is 5.27. The van der Waals surface area contributed by atoms with E-state index in [1.54, 1.807) is 24.3 Å². The molecule has 1 rings (SSSR count). The molecule has 0 saturated carbocycles. The van der Waals surface area contributed by atoms with E-state index in [2.05, 4.69) is 5.32 Å². The lowest BCUT2D eigenvalue weighted by molar-refractivity contribution is -0.115. The highest BCUT2D eigenvalue weighted by Gasteiger charge is 2.27. The molecule has 114 valence electrons. The molecule has 1 aromatic carbocycles. The lowest BCUT2D eigenvalue weighted by Gasteiger charge is -2.14. The highest BCUT2D eigenvalue weighted by molar-refractivity contribution is 7.92. The fourth-order valence-corrected chi connectivity index (χ4v) is 3.15. The SMILES string of the molecule is CC(C)CCS(=O)(=O)C(C)C(=O)Nc1ccc(C#N)cc1. The first-order valence-corrected chi connectivity index (χ1v) is 8.50. The van der Waals surface area contributed by atoms with Crippen molar-refractivity contribution in [2.24, 2.45) is 5.92 Å². The van der Waals surface area contributed by atoms with Crippen LogP contribution in [0.15, 0.2) is 24.3 Å². The molecular formula is C15H20N2O3S. The number of carbonyl (C=O) groups excluding carboxylic acids is 1. The molecule has 0 aliphatic heterocycles. The number of benzene rings is 1. The molecule has 1 N–H and O–H groups in total. The summed E-state index contributed by atoms with van der Waals surface area (Å²) in [5.41, 5.74) is 0.954. The van der Waals surface area contributed by atoms with E-state index in [0.29, 0.717) is 17.7 Å². The van der Waals surface area contributed by atoms with Gasteiger partial charge in [0.1, 0.15) is 5.25 Å². The van der Waals surface area contributed by atoms with Crippen molar-refractivity contribution in [3.05, 3.63) is 29.8 Å². The predicted octanol–water partition coefficient (Wildman–Crippen LogP) is 2.35. The second-order valence-electron chi connectivity index (χ2n) is 5.37. The van der Waals surface area contributed by atoms with Gasteiger partial charge in [-0.05, 0) is 43.5 Å². The van der Waals surface area contributed by atoms with Gasteiger partial charge in [0.05, 0.1) is 17.4 Å². The number of nitrogens with zero attached hydrogens (tertiary/aromatic N) is 1. The van der Waals surface area contributed by atoms with E-state index in [1.807, 2.05) is 19.9 Å². The van der Waals surface area contributed by atoms with Crippen molar-refractivity contribution >= 4 is 21.4 Å². The highest BCUT2D eigenvalue weighted by atomic mass is 32.2. The van der Waals surface area contributed by atoms with Crippen LogP contribution in [-0.2, 0) is 14.6 Å². The predicted molar refractivity (Wildman–Crippen MR) is 82.5 cm³/mol. The van der Waals surface area contributed by atoms with Crippen LogP contribution in [-0.4, -0.2) is 25.3 Å². The van der Waals surface area contributed by atoms with Gasteiger partial charge >= 0.3 is 0 Å². The van der Waals surface area contributed by atoms with Gasteiger partial charge in [-0.3, -0.25) is 4.79 Å². The maximum absolute atomic E-state index is 12.1. The summed E-state index contributed by atoms with van der Waals surface area (Å²) in [5.74, 6) is -0.274. The Balaban J connectivity index is 2.71. The third kappa shape index (κ3) is 5.20. The first kappa shape index (κ1) is 17.2. The molecule has 0 saturated heterocycles. The molecule has 1 unspecified atom stereocenters. The van der Waals surface area contributed by atoms with Crippen molar-refractivity contribution in [2.45, 2.75) is 32.4 Å². The van der Waals surface area contributed by atoms with E-state index in [-0.39, 0.29) is 11.7 Å². The van der Waals surface area contributed by atoms with Crippen molar-refractivity contribution in [1.29, 1.82) is 5.26 Å². The summed E-state index contributed by atoms with van der Waals surface area (Å²) >= 11 is 0. The standard InChI is InChI=1S/C15H20N2O3S/c1-11(2)8-9-21(19,20)12(3)15(18)17-14-6-4-13(10-16)5-7-14/h4-7,11-12H,8-9H2,1-3H3,(H,17,18). The zero-order chi connectivity index (χ0) is 16.0. The van der Waals surface area contributed by atoms with Crippen LogP contribution in [0, 0.1) is 17.2 Å². The number of nitriles is 1. The average molecular weight is 308 g/mol. The molecule has 0 aliphatic rings. The Labute approximate surface area is 125 Å². The minimum absolute atomic E-state index is 0.00657. The molecule has 1 amide bonds. The number of anilines is 1. The fourth-order valence-electron chi connectivity index (χ4n) is 1.61. The molecular weight excluding hydrogens is 288 g/mol. The number of rotatable bonds is 6. The van der Waals surface area contributed by atoms with Crippen LogP contribution in [0.2, 0.25) is 0 Å². The Morgan fingerprint density at radius 1 is 1.24 bits per heavy atom. The lowest BCUT2D eigenvalue weighted by atomic mass is 10.2. The molecule has 21 heavy (non-hydrogen) atoms. The first-order chi connectivity index (χ1) is 9.76. The number of hydrogen-bond acceptors (Lipinski definition) is 4. The van der Waals surface area contributed by atoms with Crippen molar-refractivity contribution in [1.82, 2.24) is 0 Å². The van der Waals surface area contributed by atoms with Gasteiger partial charge in [0.15, 0.2) is 9.84 Å². The lowest BCUT2D eigenvalue weighted by Crippen LogP contribution is -2.34. The molecule has 5 nitrogen and oxygen atoms in total. The summed E-state index contributed by atoms with van der Waals surface area (Å²) in [6, 6.07) is 8.25. The van der Waals surface area contributed by atoms with Gasteiger partial charge in [-0.15, -0.1) is 0 Å². The van der Waals surface area contributed by atoms with E-state index in [1.165, 1.54) is 6.92 Å². The molecule has 0 bridgehead atoms. The topological polar surface area (TPSA) is 87.0 Å². The van der Waals surface area contributed by atoms with Crippen LogP contribution < -0.4 is 5.32 Å². The maximum Gasteiger partial charge on any atom is 0.242 e. The molecule has 0 aromatic heterocycles. The van der Waals surface area contributed by atoms with Gasteiger partial charge < -0.3 is 5.32 Å². The zero-order valence-corrected chi connectivity index (χ0v) is 13.3. The van der Waals surface area contributed by atoms with Crippen molar-refractivity contribution in [3.63, 3.8) is 0 Å². The van der Waals surface area contributed by atoms with Crippen LogP contribution in [0.3, 0.4) is 0 Å². The van der Waals surface area contributed by atoms with Crippen molar-refractivity contribution < 1.29 is 13.2 Å². The summed E-state index contributed by atoms with van der Waals surface area (Å²) in [7, 11) is -3.45. The number of nitrogens with one attached hydrogen (secondary N) is 1. The number of amides is 1. The molecule has 1 aromatic rings. The average Bonchev–Trinajstić information content (AvgIpc) is 2.45. The monoisotopic (exact) mass is 308 g/mol. The summed E-state index contributed by atoms with van der Waals surface area (Å²) in [6.07, 6.45) is 0.539. The summed E-state index contributed by atoms with van der Waals surface area (Å²) in [5, 5.41) is 10.2. The van der Waals surface area contributed by atoms with E-state index in [4.69, 9.17) is 5.26 Å². The van der Waals surface area contributed by atoms with Gasteiger partial charge in [-0.1, -0.05) is 13.8 Å². The second kappa shape index (κ2) is 7.23. The quantitative estimate of drug-likeness (QED) is 0.874. The third-order valence-electron chi connectivity index (χ3n) is 3.17. The Hall–Kier alpha value is -1.87. The number of sulfone groups is 1. The fraction of sp³-hybridized carbons (Fsp3) is 0.467. The van der Waals surface area contributed by atoms with Crippen LogP contribution in [0.5, 0.6) is 0 Å². The van der Waals surface area contributed by atoms with Gasteiger partial charge in [0.25, 0.3) is 0 Å². The van der Waals surface area contributed by atoms with Crippen LogP contribution in [0.25, 0.3) is 0 Å². The molecule has 0 radical (unpaired) electrons. The first-order valence-electron chi connectivity index (χ1n) is 6.79. The number of carbonyl (C=O) groups is 1. The second-order valence-corrected chi connectivity index (χ2v) is 7.81. The minimum Gasteiger partial charge on any atom is -0.325 e. The van der Waals surface area contributed by atoms with Gasteiger partial charge in [0, 0.05) is 5.69 Å². The van der Waals surface area contributed by atoms with Crippen molar-refractivity contribution in [3.8, 4) is 6.07 Å². The van der Waals surface area contributed by atoms with Gasteiger partial charge in [0.2, 0.25) is 5.91 Å². The molecule has 0 spiro atoms. The minimum atomic E-state index is -3.45. The maximum atomic E-state index is 12.1. The molecule has 1 atom stereocenters. The van der Waals surface area contributed by atoms with Gasteiger partial charge in [-0.25, -0.2) is 8.42 Å². The molecule has 0 aliphatic carbocycles. The van der Waals surface area contributed by atoms with E-state index in [0.717, 1.165) is 0 Å². The van der Waals surface area contributed by atoms with Gasteiger partial charge in [-0.2, -0.15) is 5.26 Å². The normalized spacial score (nSPS) is 12.7. The summed E-state index contributed by atoms with van der Waals surface area (Å²) < 4.78 is 24.1. The Kier molecular flexibility index (Phi) is 5.91. The van der Waals surface area contributed by atoms with Crippen molar-refractivity contribution in [2.75, 3.05) is 11.1 Å². The highest BCUT2D eigenvalue weighted by Crippen LogP contribution is 2.13. The van der Waals surface area contributed by atoms with E-state index < -0.39 is 21.0 Å².